The number of rotatable bonds is 3. The zero-order valence-electron chi connectivity index (χ0n) is 9.05. The van der Waals surface area contributed by atoms with Crippen LogP contribution >= 0.6 is 0 Å². The third-order valence-corrected chi connectivity index (χ3v) is 3.24. The second kappa shape index (κ2) is 4.60. The molecule has 0 saturated carbocycles. The molecule has 0 radical (unpaired) electrons. The van der Waals surface area contributed by atoms with Gasteiger partial charge in [-0.2, -0.15) is 0 Å². The number of hydrogen-bond acceptors (Lipinski definition) is 3. The standard InChI is InChI=1S/C11H21NO2/c1-2-5-12-10-3-6-14-11(8-10)4-7-13-9-11/h10,12H,2-9H2,1H3. The van der Waals surface area contributed by atoms with Gasteiger partial charge < -0.3 is 14.8 Å². The summed E-state index contributed by atoms with van der Waals surface area (Å²) in [5.74, 6) is 0. The molecule has 0 aromatic carbocycles. The summed E-state index contributed by atoms with van der Waals surface area (Å²) in [5.41, 5.74) is 0.0592. The lowest BCUT2D eigenvalue weighted by Gasteiger charge is -2.37. The second-order valence-electron chi connectivity index (χ2n) is 4.48. The van der Waals surface area contributed by atoms with Gasteiger partial charge in [-0.25, -0.2) is 0 Å². The fourth-order valence-electron chi connectivity index (χ4n) is 2.41. The Balaban J connectivity index is 1.83. The molecule has 2 rings (SSSR count). The van der Waals surface area contributed by atoms with Crippen molar-refractivity contribution < 1.29 is 9.47 Å². The third kappa shape index (κ3) is 2.27. The molecule has 0 aliphatic carbocycles. The predicted molar refractivity (Wildman–Crippen MR) is 55.4 cm³/mol. The minimum Gasteiger partial charge on any atom is -0.378 e. The number of ether oxygens (including phenoxy) is 2. The summed E-state index contributed by atoms with van der Waals surface area (Å²) in [6, 6.07) is 0.644. The van der Waals surface area contributed by atoms with Gasteiger partial charge in [0, 0.05) is 25.7 Å². The van der Waals surface area contributed by atoms with Crippen molar-refractivity contribution in [1.29, 1.82) is 0 Å². The van der Waals surface area contributed by atoms with E-state index < -0.39 is 0 Å². The van der Waals surface area contributed by atoms with E-state index in [1.54, 1.807) is 0 Å². The maximum atomic E-state index is 5.87. The van der Waals surface area contributed by atoms with Crippen LogP contribution in [0.4, 0.5) is 0 Å². The van der Waals surface area contributed by atoms with Gasteiger partial charge in [-0.1, -0.05) is 6.92 Å². The van der Waals surface area contributed by atoms with E-state index in [2.05, 4.69) is 12.2 Å². The molecule has 3 heteroatoms. The number of hydrogen-bond donors (Lipinski definition) is 1. The van der Waals surface area contributed by atoms with Crippen LogP contribution in [-0.4, -0.2) is 38.0 Å². The van der Waals surface area contributed by atoms with Crippen molar-refractivity contribution in [3.63, 3.8) is 0 Å². The van der Waals surface area contributed by atoms with Crippen LogP contribution in [-0.2, 0) is 9.47 Å². The summed E-state index contributed by atoms with van der Waals surface area (Å²) in [6.45, 7) is 5.91. The van der Waals surface area contributed by atoms with Crippen LogP contribution in [0.15, 0.2) is 0 Å². The smallest absolute Gasteiger partial charge is 0.0951 e. The molecular weight excluding hydrogens is 178 g/mol. The van der Waals surface area contributed by atoms with E-state index in [0.29, 0.717) is 6.04 Å². The lowest BCUT2D eigenvalue weighted by atomic mass is 9.90. The summed E-state index contributed by atoms with van der Waals surface area (Å²) < 4.78 is 11.3. The van der Waals surface area contributed by atoms with Crippen molar-refractivity contribution in [2.45, 2.75) is 44.2 Å². The van der Waals surface area contributed by atoms with Crippen molar-refractivity contribution in [2.24, 2.45) is 0 Å². The maximum absolute atomic E-state index is 5.87. The van der Waals surface area contributed by atoms with Gasteiger partial charge in [0.15, 0.2) is 0 Å². The summed E-state index contributed by atoms with van der Waals surface area (Å²) in [4.78, 5) is 0. The molecule has 2 unspecified atom stereocenters. The molecule has 2 heterocycles. The van der Waals surface area contributed by atoms with Gasteiger partial charge >= 0.3 is 0 Å². The quantitative estimate of drug-likeness (QED) is 0.743. The van der Waals surface area contributed by atoms with E-state index in [9.17, 15) is 0 Å². The molecule has 1 spiro atoms. The Morgan fingerprint density at radius 2 is 2.36 bits per heavy atom. The molecule has 0 amide bonds. The molecule has 2 aliphatic heterocycles. The highest BCUT2D eigenvalue weighted by molar-refractivity contribution is 4.92. The van der Waals surface area contributed by atoms with E-state index in [1.165, 1.54) is 6.42 Å². The van der Waals surface area contributed by atoms with Crippen LogP contribution in [0.25, 0.3) is 0 Å². The van der Waals surface area contributed by atoms with E-state index in [0.717, 1.165) is 45.6 Å². The van der Waals surface area contributed by atoms with E-state index in [-0.39, 0.29) is 5.60 Å². The first kappa shape index (κ1) is 10.4. The van der Waals surface area contributed by atoms with Crippen LogP contribution in [0, 0.1) is 0 Å². The SMILES string of the molecule is CCCNC1CCOC2(CCOC2)C1. The molecule has 14 heavy (non-hydrogen) atoms. The van der Waals surface area contributed by atoms with Crippen molar-refractivity contribution in [3.05, 3.63) is 0 Å². The van der Waals surface area contributed by atoms with E-state index in [1.807, 2.05) is 0 Å². The average molecular weight is 199 g/mol. The van der Waals surface area contributed by atoms with Crippen molar-refractivity contribution in [1.82, 2.24) is 5.32 Å². The molecule has 2 aliphatic rings. The Bertz CT molecular complexity index is 178. The fourth-order valence-corrected chi connectivity index (χ4v) is 2.41. The Morgan fingerprint density at radius 3 is 3.07 bits per heavy atom. The zero-order chi connectivity index (χ0) is 9.86. The maximum Gasteiger partial charge on any atom is 0.0951 e. The zero-order valence-corrected chi connectivity index (χ0v) is 9.05. The minimum absolute atomic E-state index is 0.0592. The summed E-state index contributed by atoms with van der Waals surface area (Å²) in [7, 11) is 0. The van der Waals surface area contributed by atoms with Crippen LogP contribution in [0.5, 0.6) is 0 Å². The molecule has 2 atom stereocenters. The van der Waals surface area contributed by atoms with Gasteiger partial charge in [0.25, 0.3) is 0 Å². The molecule has 2 saturated heterocycles. The Morgan fingerprint density at radius 1 is 1.43 bits per heavy atom. The highest BCUT2D eigenvalue weighted by Gasteiger charge is 2.40. The molecule has 0 aromatic rings. The Hall–Kier alpha value is -0.120. The largest absolute Gasteiger partial charge is 0.378 e. The molecule has 0 bridgehead atoms. The summed E-state index contributed by atoms with van der Waals surface area (Å²) in [5, 5.41) is 3.59. The molecule has 82 valence electrons. The first-order valence-electron chi connectivity index (χ1n) is 5.80. The molecule has 2 fully saturated rings. The fraction of sp³-hybridized carbons (Fsp3) is 1.00. The van der Waals surface area contributed by atoms with Gasteiger partial charge in [0.1, 0.15) is 0 Å². The second-order valence-corrected chi connectivity index (χ2v) is 4.48. The van der Waals surface area contributed by atoms with Gasteiger partial charge in [-0.05, 0) is 25.8 Å². The highest BCUT2D eigenvalue weighted by atomic mass is 16.6. The van der Waals surface area contributed by atoms with Crippen LogP contribution in [0.2, 0.25) is 0 Å². The minimum atomic E-state index is 0.0592. The van der Waals surface area contributed by atoms with Gasteiger partial charge in [-0.15, -0.1) is 0 Å². The van der Waals surface area contributed by atoms with Crippen molar-refractivity contribution in [3.8, 4) is 0 Å². The normalized spacial score (nSPS) is 37.9. The van der Waals surface area contributed by atoms with E-state index >= 15 is 0 Å². The van der Waals surface area contributed by atoms with Gasteiger partial charge in [-0.3, -0.25) is 0 Å². The Labute approximate surface area is 86.2 Å². The topological polar surface area (TPSA) is 30.5 Å². The predicted octanol–water partition coefficient (Wildman–Crippen LogP) is 1.32. The summed E-state index contributed by atoms with van der Waals surface area (Å²) in [6.07, 6.45) is 4.58. The van der Waals surface area contributed by atoms with Crippen molar-refractivity contribution in [2.75, 3.05) is 26.4 Å². The Kier molecular flexibility index (Phi) is 3.42. The van der Waals surface area contributed by atoms with Crippen LogP contribution < -0.4 is 5.32 Å². The summed E-state index contributed by atoms with van der Waals surface area (Å²) >= 11 is 0. The number of nitrogens with one attached hydrogen (secondary N) is 1. The lowest BCUT2D eigenvalue weighted by Crippen LogP contribution is -2.47. The highest BCUT2D eigenvalue weighted by Crippen LogP contribution is 2.32. The first-order chi connectivity index (χ1) is 6.85. The molecule has 0 aromatic heterocycles. The van der Waals surface area contributed by atoms with Gasteiger partial charge in [0.05, 0.1) is 12.2 Å². The average Bonchev–Trinajstić information content (AvgIpc) is 2.63. The lowest BCUT2D eigenvalue weighted by molar-refractivity contribution is -0.0892. The molecule has 1 N–H and O–H groups in total. The van der Waals surface area contributed by atoms with E-state index in [4.69, 9.17) is 9.47 Å². The van der Waals surface area contributed by atoms with Crippen LogP contribution in [0.3, 0.4) is 0 Å². The van der Waals surface area contributed by atoms with Crippen LogP contribution in [0.1, 0.15) is 32.6 Å². The third-order valence-electron chi connectivity index (χ3n) is 3.24. The monoisotopic (exact) mass is 199 g/mol. The first-order valence-corrected chi connectivity index (χ1v) is 5.80. The van der Waals surface area contributed by atoms with Gasteiger partial charge in [0.2, 0.25) is 0 Å². The molecule has 3 nitrogen and oxygen atoms in total. The molecular formula is C11H21NO2. The van der Waals surface area contributed by atoms with Crippen molar-refractivity contribution >= 4 is 0 Å².